The van der Waals surface area contributed by atoms with Crippen LogP contribution < -0.4 is 0 Å². The minimum Gasteiger partial charge on any atom is -0.228 e. The first-order chi connectivity index (χ1) is 28.0. The highest BCUT2D eigenvalue weighted by Gasteiger charge is 2.37. The molecule has 0 fully saturated rings. The molecule has 1 aromatic heterocycles. The van der Waals surface area contributed by atoms with Crippen molar-refractivity contribution in [2.75, 3.05) is 0 Å². The van der Waals surface area contributed by atoms with E-state index in [1.165, 1.54) is 60.3 Å². The Morgan fingerprint density at radius 2 is 0.912 bits per heavy atom. The predicted molar refractivity (Wildman–Crippen MR) is 239 cm³/mol. The summed E-state index contributed by atoms with van der Waals surface area (Å²) in [5.74, 6) is 0.707. The van der Waals surface area contributed by atoms with E-state index in [4.69, 9.17) is 9.97 Å². The Hall–Kier alpha value is -7.16. The zero-order valence-electron chi connectivity index (χ0n) is 31.9. The van der Waals surface area contributed by atoms with Gasteiger partial charge in [-0.3, -0.25) is 0 Å². The third kappa shape index (κ3) is 5.40. The molecular formula is C55H38N2. The van der Waals surface area contributed by atoms with Crippen LogP contribution in [0.15, 0.2) is 194 Å². The molecule has 0 bridgehead atoms. The van der Waals surface area contributed by atoms with E-state index >= 15 is 0 Å². The predicted octanol–water partition coefficient (Wildman–Crippen LogP) is 14.6. The first kappa shape index (κ1) is 33.2. The lowest BCUT2D eigenvalue weighted by molar-refractivity contribution is 0.666. The van der Waals surface area contributed by atoms with Gasteiger partial charge in [0.15, 0.2) is 5.82 Å². The van der Waals surface area contributed by atoms with E-state index in [-0.39, 0.29) is 5.41 Å². The second-order valence-corrected chi connectivity index (χ2v) is 15.7. The summed E-state index contributed by atoms with van der Waals surface area (Å²) in [6.07, 6.45) is 0. The molecule has 0 atom stereocenters. The number of benzene rings is 9. The highest BCUT2D eigenvalue weighted by Crippen LogP contribution is 2.52. The lowest BCUT2D eigenvalue weighted by Crippen LogP contribution is -2.15. The van der Waals surface area contributed by atoms with Crippen molar-refractivity contribution in [3.63, 3.8) is 0 Å². The van der Waals surface area contributed by atoms with E-state index in [1.807, 2.05) is 0 Å². The number of fused-ring (bicyclic) bond motifs is 7. The molecule has 0 spiro atoms. The van der Waals surface area contributed by atoms with Gasteiger partial charge in [-0.25, -0.2) is 9.97 Å². The van der Waals surface area contributed by atoms with Crippen molar-refractivity contribution in [1.82, 2.24) is 9.97 Å². The van der Waals surface area contributed by atoms with Crippen LogP contribution >= 0.6 is 0 Å². The minimum absolute atomic E-state index is 0.0955. The summed E-state index contributed by atoms with van der Waals surface area (Å²) in [7, 11) is 0. The average molecular weight is 727 g/mol. The van der Waals surface area contributed by atoms with Gasteiger partial charge in [0.1, 0.15) is 0 Å². The van der Waals surface area contributed by atoms with Crippen LogP contribution in [-0.4, -0.2) is 9.97 Å². The molecule has 0 aliphatic heterocycles. The Morgan fingerprint density at radius 1 is 0.333 bits per heavy atom. The molecule has 57 heavy (non-hydrogen) atoms. The monoisotopic (exact) mass is 726 g/mol. The van der Waals surface area contributed by atoms with Gasteiger partial charge in [0.05, 0.1) is 11.4 Å². The summed E-state index contributed by atoms with van der Waals surface area (Å²) >= 11 is 0. The zero-order chi connectivity index (χ0) is 38.1. The summed E-state index contributed by atoms with van der Waals surface area (Å²) in [5.41, 5.74) is 15.0. The number of hydrogen-bond donors (Lipinski definition) is 0. The van der Waals surface area contributed by atoms with Crippen LogP contribution in [0.5, 0.6) is 0 Å². The van der Waals surface area contributed by atoms with E-state index in [0.717, 1.165) is 44.6 Å². The van der Waals surface area contributed by atoms with Crippen molar-refractivity contribution in [1.29, 1.82) is 0 Å². The highest BCUT2D eigenvalue weighted by atomic mass is 14.9. The van der Waals surface area contributed by atoms with E-state index < -0.39 is 0 Å². The molecule has 0 saturated carbocycles. The SMILES string of the molecule is CC1(C)c2ccc(-c3ccc(-c4nc(-c5ccccc5)cc(-c5ccccc5-c5ccc6ccccc6c5)n4)c4ccccc34)cc2-c2ccc3ccccc3c21. The maximum atomic E-state index is 5.40. The molecule has 1 heterocycles. The molecule has 0 N–H and O–H groups in total. The summed E-state index contributed by atoms with van der Waals surface area (Å²) in [6, 6.07) is 70.1. The van der Waals surface area contributed by atoms with E-state index in [9.17, 15) is 0 Å². The van der Waals surface area contributed by atoms with Crippen molar-refractivity contribution in [3.05, 3.63) is 205 Å². The Morgan fingerprint density at radius 3 is 1.74 bits per heavy atom. The summed E-state index contributed by atoms with van der Waals surface area (Å²) in [6.45, 7) is 4.73. The van der Waals surface area contributed by atoms with Gasteiger partial charge < -0.3 is 0 Å². The van der Waals surface area contributed by atoms with Gasteiger partial charge in [0.25, 0.3) is 0 Å². The number of nitrogens with zero attached hydrogens (tertiary/aromatic N) is 2. The van der Waals surface area contributed by atoms with Gasteiger partial charge in [0, 0.05) is 22.1 Å². The Balaban J connectivity index is 1.08. The molecule has 268 valence electrons. The molecule has 2 nitrogen and oxygen atoms in total. The third-order valence-electron chi connectivity index (χ3n) is 12.1. The van der Waals surface area contributed by atoms with Crippen LogP contribution in [-0.2, 0) is 5.41 Å². The quantitative estimate of drug-likeness (QED) is 0.176. The maximum Gasteiger partial charge on any atom is 0.161 e. The fourth-order valence-electron chi connectivity index (χ4n) is 9.31. The largest absolute Gasteiger partial charge is 0.228 e. The zero-order valence-corrected chi connectivity index (χ0v) is 31.9. The molecular weight excluding hydrogens is 689 g/mol. The molecule has 9 aromatic carbocycles. The van der Waals surface area contributed by atoms with Gasteiger partial charge in [0.2, 0.25) is 0 Å². The molecule has 0 radical (unpaired) electrons. The number of rotatable bonds is 5. The van der Waals surface area contributed by atoms with E-state index in [1.54, 1.807) is 0 Å². The van der Waals surface area contributed by atoms with Crippen LogP contribution in [0.25, 0.3) is 99.6 Å². The molecule has 0 amide bonds. The van der Waals surface area contributed by atoms with E-state index in [0.29, 0.717) is 5.82 Å². The first-order valence-corrected chi connectivity index (χ1v) is 19.7. The second-order valence-electron chi connectivity index (χ2n) is 15.7. The Kier molecular flexibility index (Phi) is 7.55. The smallest absolute Gasteiger partial charge is 0.161 e. The lowest BCUT2D eigenvalue weighted by Gasteiger charge is -2.23. The fraction of sp³-hybridized carbons (Fsp3) is 0.0545. The number of hydrogen-bond acceptors (Lipinski definition) is 2. The molecule has 0 saturated heterocycles. The molecule has 2 heteroatoms. The maximum absolute atomic E-state index is 5.40. The van der Waals surface area contributed by atoms with Crippen LogP contribution in [0.1, 0.15) is 25.0 Å². The molecule has 1 aliphatic rings. The van der Waals surface area contributed by atoms with Crippen molar-refractivity contribution in [2.45, 2.75) is 19.3 Å². The Bertz CT molecular complexity index is 3210. The van der Waals surface area contributed by atoms with Crippen LogP contribution in [0.4, 0.5) is 0 Å². The van der Waals surface area contributed by atoms with Crippen molar-refractivity contribution in [3.8, 4) is 67.3 Å². The topological polar surface area (TPSA) is 25.8 Å². The molecule has 11 rings (SSSR count). The summed E-state index contributed by atoms with van der Waals surface area (Å²) in [4.78, 5) is 10.7. The van der Waals surface area contributed by atoms with Gasteiger partial charge in [-0.05, 0) is 101 Å². The van der Waals surface area contributed by atoms with E-state index in [2.05, 4.69) is 208 Å². The molecule has 1 aliphatic carbocycles. The average Bonchev–Trinajstić information content (AvgIpc) is 3.51. The van der Waals surface area contributed by atoms with Gasteiger partial charge in [-0.15, -0.1) is 0 Å². The van der Waals surface area contributed by atoms with Gasteiger partial charge in [-0.2, -0.15) is 0 Å². The summed E-state index contributed by atoms with van der Waals surface area (Å²) < 4.78 is 0. The van der Waals surface area contributed by atoms with Gasteiger partial charge >= 0.3 is 0 Å². The van der Waals surface area contributed by atoms with Crippen molar-refractivity contribution >= 4 is 32.3 Å². The third-order valence-corrected chi connectivity index (χ3v) is 12.1. The van der Waals surface area contributed by atoms with Crippen LogP contribution in [0, 0.1) is 0 Å². The summed E-state index contributed by atoms with van der Waals surface area (Å²) in [5, 5.41) is 7.38. The molecule has 0 unspecified atom stereocenters. The lowest BCUT2D eigenvalue weighted by atomic mass is 9.80. The number of aromatic nitrogens is 2. The molecule has 10 aromatic rings. The standard InChI is InChI=1S/C55H38N2/c1-55(2)50-31-27-40(33-49(50)47-28-26-36-15-8-9-20-43(36)53(47)55)42-29-30-48(45-22-12-11-21-44(42)45)54-56-51(37-16-4-3-5-17-37)34-52(57-54)46-23-13-10-19-41(46)39-25-24-35-14-6-7-18-38(35)32-39/h3-34H,1-2H3. The van der Waals surface area contributed by atoms with Crippen molar-refractivity contribution in [2.24, 2.45) is 0 Å². The highest BCUT2D eigenvalue weighted by molar-refractivity contribution is 6.06. The normalized spacial score (nSPS) is 12.9. The fourth-order valence-corrected chi connectivity index (χ4v) is 9.31. The van der Waals surface area contributed by atoms with Gasteiger partial charge in [-0.1, -0.05) is 184 Å². The van der Waals surface area contributed by atoms with Crippen molar-refractivity contribution < 1.29 is 0 Å². The first-order valence-electron chi connectivity index (χ1n) is 19.7. The minimum atomic E-state index is -0.0955. The van der Waals surface area contributed by atoms with Crippen LogP contribution in [0.2, 0.25) is 0 Å². The second kappa shape index (κ2) is 13.0. The van der Waals surface area contributed by atoms with Crippen LogP contribution in [0.3, 0.4) is 0 Å². The Labute approximate surface area is 332 Å².